The molecule has 0 bridgehead atoms. The fourth-order valence-corrected chi connectivity index (χ4v) is 3.07. The maximum absolute atomic E-state index is 11.3. The summed E-state index contributed by atoms with van der Waals surface area (Å²) in [6.45, 7) is 3.45. The van der Waals surface area contributed by atoms with Crippen molar-refractivity contribution in [3.8, 4) is 0 Å². The second kappa shape index (κ2) is 6.50. The van der Waals surface area contributed by atoms with Gasteiger partial charge in [0.15, 0.2) is 0 Å². The van der Waals surface area contributed by atoms with Gasteiger partial charge in [-0.2, -0.15) is 0 Å². The highest BCUT2D eigenvalue weighted by atomic mass is 32.1. The molecule has 2 aromatic rings. The molecule has 2 N–H and O–H groups in total. The van der Waals surface area contributed by atoms with Crippen LogP contribution < -0.4 is 5.32 Å². The van der Waals surface area contributed by atoms with Crippen molar-refractivity contribution in [1.82, 2.24) is 5.32 Å². The zero-order chi connectivity index (χ0) is 13.7. The average molecular weight is 275 g/mol. The van der Waals surface area contributed by atoms with Crippen molar-refractivity contribution < 1.29 is 9.90 Å². The molecule has 0 spiro atoms. The number of carboxylic acid groups (broad SMARTS) is 1. The van der Waals surface area contributed by atoms with Crippen molar-refractivity contribution in [2.24, 2.45) is 0 Å². The normalized spacial score (nSPS) is 11.4. The highest BCUT2D eigenvalue weighted by molar-refractivity contribution is 7.21. The lowest BCUT2D eigenvalue weighted by molar-refractivity contribution is 0.0701. The van der Waals surface area contributed by atoms with Gasteiger partial charge in [-0.25, -0.2) is 4.79 Å². The number of rotatable bonds is 6. The summed E-state index contributed by atoms with van der Waals surface area (Å²) >= 11 is 1.35. The monoisotopic (exact) mass is 275 g/mol. The van der Waals surface area contributed by atoms with Crippen LogP contribution in [0.3, 0.4) is 0 Å². The number of nitrogens with one attached hydrogen (secondary N) is 1. The summed E-state index contributed by atoms with van der Waals surface area (Å²) < 4.78 is 1.03. The number of hydrogen-bond donors (Lipinski definition) is 2. The van der Waals surface area contributed by atoms with Gasteiger partial charge in [0.25, 0.3) is 0 Å². The number of fused-ring (bicyclic) bond motifs is 1. The minimum Gasteiger partial charge on any atom is -0.477 e. The van der Waals surface area contributed by atoms with Gasteiger partial charge in [-0.05, 0) is 36.9 Å². The van der Waals surface area contributed by atoms with Crippen LogP contribution in [0.25, 0.3) is 10.1 Å². The number of hydrogen-bond acceptors (Lipinski definition) is 3. The molecule has 0 radical (unpaired) electrons. The number of carboxylic acids is 1. The van der Waals surface area contributed by atoms with E-state index in [9.17, 15) is 9.90 Å². The third-order valence-corrected chi connectivity index (χ3v) is 4.12. The van der Waals surface area contributed by atoms with E-state index < -0.39 is 5.97 Å². The Bertz CT molecular complexity index is 601. The van der Waals surface area contributed by atoms with Crippen LogP contribution in [0, 0.1) is 0 Å². The lowest BCUT2D eigenvalue weighted by Gasteiger charge is -2.04. The van der Waals surface area contributed by atoms with Crippen LogP contribution >= 0.6 is 11.3 Å². The number of benzene rings is 1. The summed E-state index contributed by atoms with van der Waals surface area (Å²) in [6.07, 6.45) is 5.07. The fraction of sp³-hybridized carbons (Fsp3) is 0.267. The van der Waals surface area contributed by atoms with Crippen molar-refractivity contribution in [3.05, 3.63) is 46.9 Å². The van der Waals surface area contributed by atoms with Crippen LogP contribution in [-0.2, 0) is 6.54 Å². The van der Waals surface area contributed by atoms with Gasteiger partial charge in [0.2, 0.25) is 0 Å². The molecule has 0 unspecified atom stereocenters. The van der Waals surface area contributed by atoms with Gasteiger partial charge < -0.3 is 10.4 Å². The zero-order valence-electron chi connectivity index (χ0n) is 10.8. The molecule has 0 amide bonds. The van der Waals surface area contributed by atoms with Crippen molar-refractivity contribution in [3.63, 3.8) is 0 Å². The second-order valence-corrected chi connectivity index (χ2v) is 5.30. The summed E-state index contributed by atoms with van der Waals surface area (Å²) in [5, 5.41) is 13.6. The Morgan fingerprint density at radius 1 is 1.42 bits per heavy atom. The molecule has 1 aromatic carbocycles. The summed E-state index contributed by atoms with van der Waals surface area (Å²) in [5.41, 5.74) is 0.897. The van der Waals surface area contributed by atoms with Gasteiger partial charge in [-0.15, -0.1) is 11.3 Å². The van der Waals surface area contributed by atoms with E-state index in [1.54, 1.807) is 0 Å². The lowest BCUT2D eigenvalue weighted by atomic mass is 10.1. The quantitative estimate of drug-likeness (QED) is 0.625. The van der Waals surface area contributed by atoms with Crippen LogP contribution in [0.4, 0.5) is 0 Å². The topological polar surface area (TPSA) is 49.3 Å². The van der Waals surface area contributed by atoms with Gasteiger partial charge in [-0.1, -0.05) is 30.4 Å². The predicted octanol–water partition coefficient (Wildman–Crippen LogP) is 3.66. The van der Waals surface area contributed by atoms with Gasteiger partial charge in [0, 0.05) is 11.2 Å². The third kappa shape index (κ3) is 3.22. The molecule has 19 heavy (non-hydrogen) atoms. The number of allylic oxidation sites excluding steroid dienone is 1. The van der Waals surface area contributed by atoms with Crippen molar-refractivity contribution in [2.45, 2.75) is 19.9 Å². The second-order valence-electron chi connectivity index (χ2n) is 4.25. The lowest BCUT2D eigenvalue weighted by Crippen LogP contribution is -2.15. The molecule has 0 saturated carbocycles. The smallest absolute Gasteiger partial charge is 0.346 e. The molecule has 0 aliphatic carbocycles. The molecule has 3 nitrogen and oxygen atoms in total. The number of thiophene rings is 1. The Morgan fingerprint density at radius 2 is 2.21 bits per heavy atom. The molecule has 0 saturated heterocycles. The zero-order valence-corrected chi connectivity index (χ0v) is 11.7. The van der Waals surface area contributed by atoms with E-state index in [-0.39, 0.29) is 0 Å². The summed E-state index contributed by atoms with van der Waals surface area (Å²) in [7, 11) is 0. The molecule has 0 aliphatic rings. The van der Waals surface area contributed by atoms with E-state index in [0.29, 0.717) is 11.4 Å². The Kier molecular flexibility index (Phi) is 4.71. The van der Waals surface area contributed by atoms with Crippen LogP contribution in [0.1, 0.15) is 28.6 Å². The first-order valence-corrected chi connectivity index (χ1v) is 7.11. The van der Waals surface area contributed by atoms with Crippen LogP contribution in [0.15, 0.2) is 36.4 Å². The van der Waals surface area contributed by atoms with Gasteiger partial charge in [-0.3, -0.25) is 0 Å². The van der Waals surface area contributed by atoms with Crippen molar-refractivity contribution in [2.75, 3.05) is 6.54 Å². The molecule has 0 fully saturated rings. The van der Waals surface area contributed by atoms with E-state index in [0.717, 1.165) is 28.6 Å². The summed E-state index contributed by atoms with van der Waals surface area (Å²) in [6, 6.07) is 7.84. The molecule has 1 heterocycles. The first-order valence-electron chi connectivity index (χ1n) is 6.29. The summed E-state index contributed by atoms with van der Waals surface area (Å²) in [5.74, 6) is -0.841. The Morgan fingerprint density at radius 3 is 2.95 bits per heavy atom. The highest BCUT2D eigenvalue weighted by Gasteiger charge is 2.16. The number of carbonyl (C=O) groups is 1. The maximum atomic E-state index is 11.3. The average Bonchev–Trinajstić information content (AvgIpc) is 2.78. The van der Waals surface area contributed by atoms with Crippen LogP contribution in [0.2, 0.25) is 0 Å². The SMILES string of the molecule is C/C=C/CCNCc1c(C(=O)O)sc2ccccc12. The van der Waals surface area contributed by atoms with E-state index in [1.165, 1.54) is 11.3 Å². The Balaban J connectivity index is 2.19. The summed E-state index contributed by atoms with van der Waals surface area (Å²) in [4.78, 5) is 11.7. The molecule has 100 valence electrons. The molecular formula is C15H17NO2S. The fourth-order valence-electron chi connectivity index (χ4n) is 2.01. The van der Waals surface area contributed by atoms with E-state index >= 15 is 0 Å². The first-order chi connectivity index (χ1) is 9.24. The molecule has 0 aliphatic heterocycles. The Labute approximate surface area is 116 Å². The van der Waals surface area contributed by atoms with Crippen LogP contribution in [-0.4, -0.2) is 17.6 Å². The molecule has 0 atom stereocenters. The molecule has 4 heteroatoms. The largest absolute Gasteiger partial charge is 0.477 e. The minimum atomic E-state index is -0.841. The first kappa shape index (κ1) is 13.8. The predicted molar refractivity (Wildman–Crippen MR) is 79.9 cm³/mol. The Hall–Kier alpha value is -1.65. The van der Waals surface area contributed by atoms with E-state index in [2.05, 4.69) is 11.4 Å². The molecular weight excluding hydrogens is 258 g/mol. The molecule has 2 rings (SSSR count). The van der Waals surface area contributed by atoms with Gasteiger partial charge in [0.1, 0.15) is 4.88 Å². The van der Waals surface area contributed by atoms with Crippen molar-refractivity contribution in [1.29, 1.82) is 0 Å². The number of aromatic carboxylic acids is 1. The van der Waals surface area contributed by atoms with Gasteiger partial charge in [0.05, 0.1) is 0 Å². The minimum absolute atomic E-state index is 0.444. The van der Waals surface area contributed by atoms with Gasteiger partial charge >= 0.3 is 5.97 Å². The molecule has 1 aromatic heterocycles. The van der Waals surface area contributed by atoms with E-state index in [4.69, 9.17) is 0 Å². The highest BCUT2D eigenvalue weighted by Crippen LogP contribution is 2.31. The maximum Gasteiger partial charge on any atom is 0.346 e. The van der Waals surface area contributed by atoms with E-state index in [1.807, 2.05) is 37.3 Å². The van der Waals surface area contributed by atoms with Crippen LogP contribution in [0.5, 0.6) is 0 Å². The van der Waals surface area contributed by atoms with Crippen molar-refractivity contribution >= 4 is 27.4 Å². The third-order valence-electron chi connectivity index (χ3n) is 2.92. The standard InChI is InChI=1S/C15H17NO2S/c1-2-3-6-9-16-10-12-11-7-4-5-8-13(11)19-14(12)15(17)18/h2-5,7-8,16H,6,9-10H2,1H3,(H,17,18)/b3-2+.